The van der Waals surface area contributed by atoms with Gasteiger partial charge in [0.25, 0.3) is 0 Å². The van der Waals surface area contributed by atoms with Crippen molar-refractivity contribution in [1.82, 2.24) is 4.90 Å². The number of hydrogen-bond donors (Lipinski definition) is 1. The van der Waals surface area contributed by atoms with Gasteiger partial charge in [-0.1, -0.05) is 11.3 Å². The van der Waals surface area contributed by atoms with Crippen molar-refractivity contribution >= 4 is 49.2 Å². The molecule has 0 aromatic carbocycles. The molecule has 2 aliphatic heterocycles. The summed E-state index contributed by atoms with van der Waals surface area (Å²) in [6, 6.07) is 0.806. The summed E-state index contributed by atoms with van der Waals surface area (Å²) in [5, 5.41) is 21.7. The molecule has 0 aliphatic carbocycles. The maximum Gasteiger partial charge on any atom is 0.328 e. The lowest BCUT2D eigenvalue weighted by Gasteiger charge is -2.45. The number of piperidine rings is 1. The predicted octanol–water partition coefficient (Wildman–Crippen LogP) is 2.47. The van der Waals surface area contributed by atoms with Crippen molar-refractivity contribution in [3.8, 4) is 5.75 Å². The van der Waals surface area contributed by atoms with Crippen LogP contribution in [0.1, 0.15) is 44.0 Å². The van der Waals surface area contributed by atoms with E-state index in [9.17, 15) is 20.0 Å². The molecule has 0 radical (unpaired) electrons. The third-order valence-corrected chi connectivity index (χ3v) is 5.38. The number of aliphatic hydroxyl groups is 1. The lowest BCUT2D eigenvalue weighted by atomic mass is 9.88. The molecule has 7 nitrogen and oxygen atoms in total. The molecule has 1 unspecified atom stereocenters. The lowest BCUT2D eigenvalue weighted by Crippen LogP contribution is -2.55. The summed E-state index contributed by atoms with van der Waals surface area (Å²) in [5.74, 6) is 0.380. The van der Waals surface area contributed by atoms with Gasteiger partial charge in [0.1, 0.15) is 17.5 Å². The highest BCUT2D eigenvalue weighted by molar-refractivity contribution is 7.59. The summed E-state index contributed by atoms with van der Waals surface area (Å²) in [5.41, 5.74) is -0.912. The predicted molar refractivity (Wildman–Crippen MR) is 101 cm³/mol. The summed E-state index contributed by atoms with van der Waals surface area (Å²) in [4.78, 5) is 25.0. The lowest BCUT2D eigenvalue weighted by molar-refractivity contribution is -0.380. The maximum atomic E-state index is 12.2. The van der Waals surface area contributed by atoms with Gasteiger partial charge in [0, 0.05) is 13.0 Å². The van der Waals surface area contributed by atoms with Crippen molar-refractivity contribution in [2.24, 2.45) is 0 Å². The first-order chi connectivity index (χ1) is 10.3. The van der Waals surface area contributed by atoms with Gasteiger partial charge in [-0.3, -0.25) is 14.9 Å². The number of carbonyl (C=O) groups excluding carboxylic acids is 1. The van der Waals surface area contributed by atoms with Crippen molar-refractivity contribution in [2.75, 3.05) is 6.54 Å². The number of amides is 1. The quantitative estimate of drug-likeness (QED) is 0.614. The summed E-state index contributed by atoms with van der Waals surface area (Å²) in [7, 11) is 0. The topological polar surface area (TPSA) is 92.9 Å². The SMILES string of the molecule is CC1(C)Oc2cc([N+](=O)[O-])sc2C(N2CCCCC2=O)[C@@H]1O.S.S. The first-order valence-electron chi connectivity index (χ1n) is 7.26. The molecule has 24 heavy (non-hydrogen) atoms. The molecule has 0 spiro atoms. The van der Waals surface area contributed by atoms with Crippen LogP contribution in [0.15, 0.2) is 6.07 Å². The van der Waals surface area contributed by atoms with Gasteiger partial charge < -0.3 is 14.7 Å². The number of rotatable bonds is 2. The molecule has 1 aromatic heterocycles. The zero-order chi connectivity index (χ0) is 16.1. The van der Waals surface area contributed by atoms with Gasteiger partial charge in [-0.15, -0.1) is 0 Å². The van der Waals surface area contributed by atoms with E-state index >= 15 is 0 Å². The van der Waals surface area contributed by atoms with E-state index in [1.807, 2.05) is 0 Å². The van der Waals surface area contributed by atoms with E-state index in [0.29, 0.717) is 23.6 Å². The van der Waals surface area contributed by atoms with Crippen LogP contribution >= 0.6 is 38.3 Å². The molecule has 1 saturated heterocycles. The number of carbonyl (C=O) groups is 1. The van der Waals surface area contributed by atoms with Crippen LogP contribution in [0.5, 0.6) is 5.75 Å². The summed E-state index contributed by atoms with van der Waals surface area (Å²) in [6.45, 7) is 4.01. The van der Waals surface area contributed by atoms with Crippen molar-refractivity contribution < 1.29 is 19.6 Å². The highest BCUT2D eigenvalue weighted by Gasteiger charge is 2.48. The van der Waals surface area contributed by atoms with Crippen molar-refractivity contribution in [3.05, 3.63) is 21.1 Å². The second-order valence-corrected chi connectivity index (χ2v) is 7.27. The monoisotopic (exact) mass is 394 g/mol. The normalized spacial score (nSPS) is 25.0. The molecule has 1 aromatic rings. The van der Waals surface area contributed by atoms with Gasteiger partial charge in [0.05, 0.1) is 21.9 Å². The molecule has 1 N–H and O–H groups in total. The Kier molecular flexibility index (Phi) is 6.59. The van der Waals surface area contributed by atoms with Crippen molar-refractivity contribution in [3.63, 3.8) is 0 Å². The van der Waals surface area contributed by atoms with Gasteiger partial charge >= 0.3 is 5.00 Å². The molecule has 1 fully saturated rings. The fraction of sp³-hybridized carbons (Fsp3) is 0.643. The molecule has 3 rings (SSSR count). The Morgan fingerprint density at radius 1 is 1.42 bits per heavy atom. The minimum atomic E-state index is -0.930. The first kappa shape index (κ1) is 21.1. The zero-order valence-corrected chi connectivity index (χ0v) is 16.3. The van der Waals surface area contributed by atoms with Gasteiger partial charge in [0.15, 0.2) is 0 Å². The zero-order valence-electron chi connectivity index (χ0n) is 13.4. The Morgan fingerprint density at radius 3 is 2.67 bits per heavy atom. The van der Waals surface area contributed by atoms with Gasteiger partial charge in [-0.25, -0.2) is 0 Å². The summed E-state index contributed by atoms with van der Waals surface area (Å²) < 4.78 is 5.74. The third-order valence-electron chi connectivity index (χ3n) is 4.24. The molecule has 3 heterocycles. The molecule has 0 saturated carbocycles. The average molecular weight is 395 g/mol. The van der Waals surface area contributed by atoms with Crippen molar-refractivity contribution in [2.45, 2.75) is 50.9 Å². The fourth-order valence-corrected chi connectivity index (χ4v) is 4.10. The van der Waals surface area contributed by atoms with E-state index in [4.69, 9.17) is 4.74 Å². The Bertz CT molecular complexity index is 634. The molecular weight excluding hydrogens is 372 g/mol. The van der Waals surface area contributed by atoms with E-state index in [-0.39, 0.29) is 37.9 Å². The largest absolute Gasteiger partial charge is 0.484 e. The Labute approximate surface area is 158 Å². The fourth-order valence-electron chi connectivity index (χ4n) is 3.05. The van der Waals surface area contributed by atoms with Gasteiger partial charge in [-0.05, 0) is 26.7 Å². The summed E-state index contributed by atoms with van der Waals surface area (Å²) >= 11 is 0.974. The maximum absolute atomic E-state index is 12.2. The number of aliphatic hydroxyl groups excluding tert-OH is 1. The van der Waals surface area contributed by atoms with E-state index in [1.165, 1.54) is 6.07 Å². The van der Waals surface area contributed by atoms with E-state index in [1.54, 1.807) is 18.7 Å². The number of nitro groups is 1. The van der Waals surface area contributed by atoms with Crippen LogP contribution in [0.3, 0.4) is 0 Å². The van der Waals surface area contributed by atoms with Crippen LogP contribution < -0.4 is 4.74 Å². The smallest absolute Gasteiger partial charge is 0.328 e. The molecule has 0 bridgehead atoms. The van der Waals surface area contributed by atoms with E-state index in [2.05, 4.69) is 0 Å². The Morgan fingerprint density at radius 2 is 2.08 bits per heavy atom. The number of ether oxygens (including phenoxy) is 1. The average Bonchev–Trinajstić information content (AvgIpc) is 2.84. The van der Waals surface area contributed by atoms with Crippen LogP contribution in [0.4, 0.5) is 5.00 Å². The highest BCUT2D eigenvalue weighted by atomic mass is 32.1. The summed E-state index contributed by atoms with van der Waals surface area (Å²) in [6.07, 6.45) is 1.24. The first-order valence-corrected chi connectivity index (χ1v) is 8.07. The molecule has 2 aliphatic rings. The highest BCUT2D eigenvalue weighted by Crippen LogP contribution is 2.49. The van der Waals surface area contributed by atoms with Crippen molar-refractivity contribution in [1.29, 1.82) is 0 Å². The van der Waals surface area contributed by atoms with Gasteiger partial charge in [-0.2, -0.15) is 27.0 Å². The molecular formula is C14H22N2O5S3. The van der Waals surface area contributed by atoms with Crippen LogP contribution in [0.25, 0.3) is 0 Å². The minimum Gasteiger partial charge on any atom is -0.484 e. The van der Waals surface area contributed by atoms with E-state index < -0.39 is 22.7 Å². The molecule has 2 atom stereocenters. The molecule has 1 amide bonds. The van der Waals surface area contributed by atoms with Gasteiger partial charge in [0.2, 0.25) is 5.91 Å². The number of nitrogens with zero attached hydrogens (tertiary/aromatic N) is 2. The number of fused-ring (bicyclic) bond motifs is 1. The number of thiophene rings is 1. The van der Waals surface area contributed by atoms with E-state index in [0.717, 1.165) is 24.2 Å². The minimum absolute atomic E-state index is 0. The van der Waals surface area contributed by atoms with Crippen LogP contribution in [0, 0.1) is 10.1 Å². The number of likely N-dealkylation sites (tertiary alicyclic amines) is 1. The molecule has 136 valence electrons. The van der Waals surface area contributed by atoms with Crippen LogP contribution in [0.2, 0.25) is 0 Å². The van der Waals surface area contributed by atoms with Crippen LogP contribution in [-0.4, -0.2) is 39.1 Å². The Hall–Kier alpha value is -0.970. The molecule has 10 heteroatoms. The Balaban J connectivity index is 0.00000144. The second-order valence-electron chi connectivity index (χ2n) is 6.21. The standard InChI is InChI=1S/C14H18N2O5S.2H2S/c1-14(2)13(18)11(15-6-4-3-5-9(15)17)12-8(21-14)7-10(22-12)16(19)20;;/h7,11,13,18H,3-6H2,1-2H3;2*1H2/t11?,13-;;/m0../s1. The third kappa shape index (κ3) is 3.51. The number of hydrogen-bond acceptors (Lipinski definition) is 6. The second kappa shape index (κ2) is 7.51. The van der Waals surface area contributed by atoms with Crippen LogP contribution in [-0.2, 0) is 4.79 Å².